The molecule has 0 atom stereocenters. The van der Waals surface area contributed by atoms with Crippen molar-refractivity contribution >= 4 is 16.0 Å². The van der Waals surface area contributed by atoms with Gasteiger partial charge in [-0.15, -0.1) is 4.28 Å². The summed E-state index contributed by atoms with van der Waals surface area (Å²) >= 11 is 0. The lowest BCUT2D eigenvalue weighted by atomic mass is 10.5. The van der Waals surface area contributed by atoms with Gasteiger partial charge in [0.2, 0.25) is 0 Å². The molecule has 6 nitrogen and oxygen atoms in total. The fourth-order valence-corrected chi connectivity index (χ4v) is 1.20. The van der Waals surface area contributed by atoms with Crippen molar-refractivity contribution in [2.75, 3.05) is 12.4 Å². The lowest BCUT2D eigenvalue weighted by molar-refractivity contribution is -0.122. The summed E-state index contributed by atoms with van der Waals surface area (Å²) in [6, 6.07) is 0. The second-order valence-corrected chi connectivity index (χ2v) is 3.78. The Morgan fingerprint density at radius 1 is 1.62 bits per heavy atom. The Bertz CT molecular complexity index is 271. The Hall–Kier alpha value is -0.920. The molecule has 13 heavy (non-hydrogen) atoms. The Morgan fingerprint density at radius 2 is 2.23 bits per heavy atom. The van der Waals surface area contributed by atoms with Crippen molar-refractivity contribution in [2.24, 2.45) is 0 Å². The predicted octanol–water partition coefficient (Wildman–Crippen LogP) is -1.07. The fraction of sp³-hybridized carbons (Fsp3) is 0.500. The molecule has 0 spiro atoms. The number of carbonyl (C=O) groups is 1. The van der Waals surface area contributed by atoms with E-state index in [1.807, 2.05) is 0 Å². The zero-order valence-electron chi connectivity index (χ0n) is 6.89. The molecular formula is C6H11NO5S. The van der Waals surface area contributed by atoms with E-state index in [1.165, 1.54) is 0 Å². The second kappa shape index (κ2) is 5.68. The highest BCUT2D eigenvalue weighted by molar-refractivity contribution is 7.86. The minimum absolute atomic E-state index is 0.0618. The Balaban J connectivity index is 3.89. The fourth-order valence-electron chi connectivity index (χ4n) is 0.429. The summed E-state index contributed by atoms with van der Waals surface area (Å²) < 4.78 is 25.7. The number of hydroxylamine groups is 1. The SMILES string of the molecule is C=CC(=O)NOS(=O)(=O)CCCO. The molecule has 0 aromatic carbocycles. The number of carbonyl (C=O) groups excluding carboxylic acids is 1. The smallest absolute Gasteiger partial charge is 0.288 e. The highest BCUT2D eigenvalue weighted by Crippen LogP contribution is 1.92. The number of hydrogen-bond donors (Lipinski definition) is 2. The molecular weight excluding hydrogens is 198 g/mol. The minimum Gasteiger partial charge on any atom is -0.396 e. The van der Waals surface area contributed by atoms with Crippen molar-refractivity contribution in [3.8, 4) is 0 Å². The van der Waals surface area contributed by atoms with Gasteiger partial charge in [0.05, 0.1) is 5.75 Å². The molecule has 0 radical (unpaired) electrons. The van der Waals surface area contributed by atoms with Crippen LogP contribution in [-0.2, 0) is 19.2 Å². The predicted molar refractivity (Wildman–Crippen MR) is 44.9 cm³/mol. The maximum atomic E-state index is 10.8. The molecule has 0 unspecified atom stereocenters. The third kappa shape index (κ3) is 6.26. The summed E-state index contributed by atoms with van der Waals surface area (Å²) in [5, 5.41) is 8.33. The number of nitrogens with one attached hydrogen (secondary N) is 1. The van der Waals surface area contributed by atoms with Gasteiger partial charge in [-0.05, 0) is 12.5 Å². The van der Waals surface area contributed by atoms with Crippen LogP contribution in [-0.4, -0.2) is 31.8 Å². The van der Waals surface area contributed by atoms with E-state index in [1.54, 1.807) is 5.48 Å². The van der Waals surface area contributed by atoms with Crippen LogP contribution < -0.4 is 5.48 Å². The third-order valence-corrected chi connectivity index (χ3v) is 2.13. The zero-order chi connectivity index (χ0) is 10.3. The molecule has 0 saturated heterocycles. The van der Waals surface area contributed by atoms with Gasteiger partial charge in [0, 0.05) is 6.61 Å². The highest BCUT2D eigenvalue weighted by Gasteiger charge is 2.11. The lowest BCUT2D eigenvalue weighted by Crippen LogP contribution is -2.27. The largest absolute Gasteiger partial charge is 0.396 e. The van der Waals surface area contributed by atoms with Crippen LogP contribution in [0.5, 0.6) is 0 Å². The summed E-state index contributed by atoms with van der Waals surface area (Å²) in [5.74, 6) is -1.09. The van der Waals surface area contributed by atoms with Crippen molar-refractivity contribution in [3.05, 3.63) is 12.7 Å². The van der Waals surface area contributed by atoms with Gasteiger partial charge in [0.25, 0.3) is 16.0 Å². The van der Waals surface area contributed by atoms with Gasteiger partial charge in [-0.1, -0.05) is 6.58 Å². The van der Waals surface area contributed by atoms with E-state index in [-0.39, 0.29) is 18.8 Å². The summed E-state index contributed by atoms with van der Waals surface area (Å²) in [4.78, 5) is 10.5. The van der Waals surface area contributed by atoms with Crippen LogP contribution in [0.15, 0.2) is 12.7 Å². The van der Waals surface area contributed by atoms with Gasteiger partial charge in [-0.3, -0.25) is 4.79 Å². The summed E-state index contributed by atoms with van der Waals surface area (Å²) in [7, 11) is -3.79. The molecule has 0 heterocycles. The summed E-state index contributed by atoms with van der Waals surface area (Å²) in [5.41, 5.74) is 1.65. The molecule has 1 amide bonds. The molecule has 0 bridgehead atoms. The first-order chi connectivity index (χ1) is 6.02. The van der Waals surface area contributed by atoms with Crippen molar-refractivity contribution in [1.82, 2.24) is 5.48 Å². The molecule has 0 aromatic heterocycles. The Kier molecular flexibility index (Phi) is 5.28. The molecule has 0 aliphatic rings. The first kappa shape index (κ1) is 12.1. The molecule has 7 heteroatoms. The van der Waals surface area contributed by atoms with E-state index in [9.17, 15) is 13.2 Å². The Morgan fingerprint density at radius 3 is 2.69 bits per heavy atom. The van der Waals surface area contributed by atoms with Gasteiger partial charge in [-0.2, -0.15) is 8.42 Å². The van der Waals surface area contributed by atoms with Gasteiger partial charge in [-0.25, -0.2) is 5.48 Å². The maximum Gasteiger partial charge on any atom is 0.288 e. The monoisotopic (exact) mass is 209 g/mol. The molecule has 0 saturated carbocycles. The zero-order valence-corrected chi connectivity index (χ0v) is 7.71. The van der Waals surface area contributed by atoms with Crippen molar-refractivity contribution < 1.29 is 22.6 Å². The van der Waals surface area contributed by atoms with Crippen LogP contribution in [0.25, 0.3) is 0 Å². The van der Waals surface area contributed by atoms with Gasteiger partial charge in [0.1, 0.15) is 0 Å². The van der Waals surface area contributed by atoms with Crippen molar-refractivity contribution in [2.45, 2.75) is 6.42 Å². The van der Waals surface area contributed by atoms with E-state index < -0.39 is 16.0 Å². The van der Waals surface area contributed by atoms with Crippen LogP contribution in [0.4, 0.5) is 0 Å². The normalized spacial score (nSPS) is 10.8. The quantitative estimate of drug-likeness (QED) is 0.429. The molecule has 76 valence electrons. The summed E-state index contributed by atoms with van der Waals surface area (Å²) in [6.07, 6.45) is 0.938. The third-order valence-electron chi connectivity index (χ3n) is 1.01. The number of hydrogen-bond acceptors (Lipinski definition) is 5. The van der Waals surface area contributed by atoms with Crippen LogP contribution in [0, 0.1) is 0 Å². The average molecular weight is 209 g/mol. The lowest BCUT2D eigenvalue weighted by Gasteiger charge is -2.02. The standard InChI is InChI=1S/C6H11NO5S/c1-2-6(9)7-12-13(10,11)5-3-4-8/h2,8H,1,3-5H2,(H,7,9). The molecule has 0 aliphatic carbocycles. The van der Waals surface area contributed by atoms with Crippen LogP contribution in [0.2, 0.25) is 0 Å². The van der Waals surface area contributed by atoms with E-state index in [0.29, 0.717) is 0 Å². The van der Waals surface area contributed by atoms with Crippen molar-refractivity contribution in [1.29, 1.82) is 0 Å². The first-order valence-electron chi connectivity index (χ1n) is 3.46. The number of rotatable bonds is 6. The topological polar surface area (TPSA) is 92.7 Å². The maximum absolute atomic E-state index is 10.8. The molecule has 0 rings (SSSR count). The molecule has 0 fully saturated rings. The second-order valence-electron chi connectivity index (χ2n) is 2.09. The average Bonchev–Trinajstić information content (AvgIpc) is 2.11. The number of aliphatic hydroxyl groups excluding tert-OH is 1. The van der Waals surface area contributed by atoms with Crippen molar-refractivity contribution in [3.63, 3.8) is 0 Å². The minimum atomic E-state index is -3.79. The van der Waals surface area contributed by atoms with E-state index in [0.717, 1.165) is 6.08 Å². The van der Waals surface area contributed by atoms with Crippen LogP contribution >= 0.6 is 0 Å². The van der Waals surface area contributed by atoms with Gasteiger partial charge in [0.15, 0.2) is 0 Å². The van der Waals surface area contributed by atoms with Gasteiger partial charge >= 0.3 is 0 Å². The highest BCUT2D eigenvalue weighted by atomic mass is 32.2. The number of amides is 1. The number of aliphatic hydroxyl groups is 1. The summed E-state index contributed by atoms with van der Waals surface area (Å²) in [6.45, 7) is 2.84. The van der Waals surface area contributed by atoms with E-state index in [4.69, 9.17) is 5.11 Å². The van der Waals surface area contributed by atoms with Gasteiger partial charge < -0.3 is 5.11 Å². The van der Waals surface area contributed by atoms with E-state index >= 15 is 0 Å². The molecule has 2 N–H and O–H groups in total. The molecule has 0 aliphatic heterocycles. The Labute approximate surface area is 76.3 Å². The van der Waals surface area contributed by atoms with Crippen LogP contribution in [0.3, 0.4) is 0 Å². The van der Waals surface area contributed by atoms with Crippen LogP contribution in [0.1, 0.15) is 6.42 Å². The van der Waals surface area contributed by atoms with E-state index in [2.05, 4.69) is 10.9 Å². The first-order valence-corrected chi connectivity index (χ1v) is 5.04. The molecule has 0 aromatic rings.